The number of hydrogen-bond donors (Lipinski definition) is 2. The Balaban J connectivity index is 1.48. The Morgan fingerprint density at radius 1 is 1.16 bits per heavy atom. The third-order valence-corrected chi connectivity index (χ3v) is 6.34. The molecule has 4 rings (SSSR count). The Morgan fingerprint density at radius 3 is 2.49 bits per heavy atom. The van der Waals surface area contributed by atoms with Crippen LogP contribution in [-0.4, -0.2) is 56.0 Å². The van der Waals surface area contributed by atoms with E-state index < -0.39 is 40.8 Å². The number of piperidine rings is 1. The zero-order valence-electron chi connectivity index (χ0n) is 20.7. The molecule has 0 amide bonds. The quantitative estimate of drug-likeness (QED) is 0.444. The van der Waals surface area contributed by atoms with Gasteiger partial charge in [-0.3, -0.25) is 4.79 Å². The van der Waals surface area contributed by atoms with E-state index >= 15 is 0 Å². The lowest BCUT2D eigenvalue weighted by Gasteiger charge is -2.33. The summed E-state index contributed by atoms with van der Waals surface area (Å²) in [7, 11) is 0. The topological polar surface area (TPSA) is 126 Å². The number of aliphatic carboxylic acids is 1. The third-order valence-electron chi connectivity index (χ3n) is 6.34. The molecule has 9 nitrogen and oxygen atoms in total. The fourth-order valence-electron chi connectivity index (χ4n) is 4.58. The highest BCUT2D eigenvalue weighted by atomic mass is 19.4. The van der Waals surface area contributed by atoms with Gasteiger partial charge in [0.05, 0.1) is 6.10 Å². The summed E-state index contributed by atoms with van der Waals surface area (Å²) in [5, 5.41) is 27.1. The van der Waals surface area contributed by atoms with Gasteiger partial charge in [0.2, 0.25) is 5.82 Å². The van der Waals surface area contributed by atoms with E-state index in [-0.39, 0.29) is 23.9 Å². The summed E-state index contributed by atoms with van der Waals surface area (Å²) in [5.41, 5.74) is -1.43. The van der Waals surface area contributed by atoms with E-state index in [0.717, 1.165) is 19.4 Å². The number of likely N-dealkylation sites (tertiary alicyclic amines) is 1. The average Bonchev–Trinajstić information content (AvgIpc) is 3.46. The fourth-order valence-corrected chi connectivity index (χ4v) is 4.58. The molecular weight excluding hydrogens is 493 g/mol. The number of halogens is 3. The summed E-state index contributed by atoms with van der Waals surface area (Å²) in [6.45, 7) is 6.52. The van der Waals surface area contributed by atoms with Crippen molar-refractivity contribution in [2.24, 2.45) is 5.92 Å². The van der Waals surface area contributed by atoms with Gasteiger partial charge >= 0.3 is 12.1 Å². The first-order valence-corrected chi connectivity index (χ1v) is 12.0. The van der Waals surface area contributed by atoms with Crippen LogP contribution in [-0.2, 0) is 16.4 Å². The maximum atomic E-state index is 13.8. The number of carbonyl (C=O) groups is 1. The average molecular weight is 523 g/mol. The van der Waals surface area contributed by atoms with Crippen molar-refractivity contribution < 1.29 is 37.2 Å². The van der Waals surface area contributed by atoms with Gasteiger partial charge in [-0.2, -0.15) is 18.2 Å². The smallest absolute Gasteiger partial charge is 0.422 e. The number of carboxylic acids is 1. The van der Waals surface area contributed by atoms with Gasteiger partial charge in [-0.1, -0.05) is 55.4 Å². The Kier molecular flexibility index (Phi) is 7.43. The molecule has 1 aromatic carbocycles. The molecule has 0 spiro atoms. The van der Waals surface area contributed by atoms with Crippen LogP contribution < -0.4 is 0 Å². The summed E-state index contributed by atoms with van der Waals surface area (Å²) >= 11 is 0. The zero-order chi connectivity index (χ0) is 27.0. The molecule has 200 valence electrons. The highest BCUT2D eigenvalue weighted by Crippen LogP contribution is 2.43. The molecule has 2 atom stereocenters. The van der Waals surface area contributed by atoms with Gasteiger partial charge in [-0.05, 0) is 30.9 Å². The van der Waals surface area contributed by atoms with E-state index in [4.69, 9.17) is 14.2 Å². The number of rotatable bonds is 7. The summed E-state index contributed by atoms with van der Waals surface area (Å²) in [6.07, 6.45) is -3.67. The summed E-state index contributed by atoms with van der Waals surface area (Å²) < 4.78 is 51.6. The molecule has 0 bridgehead atoms. The molecule has 3 heterocycles. The van der Waals surface area contributed by atoms with Gasteiger partial charge in [0.15, 0.2) is 11.5 Å². The SMILES string of the molecule is CC(C)(C)c1onc(-c2nc(-c3ccc([C@H](O)CN4CCC[C@H](CC(=O)O)C4)cc3)no2)c1C(F)(F)F. The number of β-amino-alcohol motifs (C(OH)–C–C–N with tert-alkyl or cyclic N) is 1. The van der Waals surface area contributed by atoms with Crippen molar-refractivity contribution in [2.75, 3.05) is 19.6 Å². The minimum Gasteiger partial charge on any atom is -0.481 e. The molecule has 0 unspecified atom stereocenters. The first-order chi connectivity index (χ1) is 17.3. The molecule has 1 aliphatic rings. The fraction of sp³-hybridized carbons (Fsp3) is 0.520. The van der Waals surface area contributed by atoms with Crippen LogP contribution in [0.3, 0.4) is 0 Å². The zero-order valence-corrected chi connectivity index (χ0v) is 20.7. The standard InChI is InChI=1S/C25H29F3N4O5/c1-24(2,3)21-19(25(26,27)28)20(30-36-21)23-29-22(31-37-23)16-8-6-15(7-9-16)17(33)13-32-10-4-5-14(12-32)11-18(34)35/h6-9,14,17,33H,4-5,10-13H2,1-3H3,(H,34,35)/t14-,17-/m1/s1. The lowest BCUT2D eigenvalue weighted by molar-refractivity contribution is -0.139. The minimum atomic E-state index is -4.73. The van der Waals surface area contributed by atoms with Gasteiger partial charge in [0.1, 0.15) is 5.56 Å². The van der Waals surface area contributed by atoms with Gasteiger partial charge in [-0.25, -0.2) is 0 Å². The minimum absolute atomic E-state index is 0.0651. The van der Waals surface area contributed by atoms with Crippen LogP contribution in [0, 0.1) is 5.92 Å². The Labute approximate surface area is 211 Å². The number of nitrogens with zero attached hydrogens (tertiary/aromatic N) is 4. The molecule has 12 heteroatoms. The van der Waals surface area contributed by atoms with E-state index in [1.165, 1.54) is 0 Å². The highest BCUT2D eigenvalue weighted by Gasteiger charge is 2.45. The maximum absolute atomic E-state index is 13.8. The number of aromatic nitrogens is 3. The van der Waals surface area contributed by atoms with Crippen LogP contribution >= 0.6 is 0 Å². The Hall–Kier alpha value is -3.25. The molecule has 0 radical (unpaired) electrons. The predicted octanol–water partition coefficient (Wildman–Crippen LogP) is 4.93. The largest absolute Gasteiger partial charge is 0.481 e. The normalized spacial score (nSPS) is 18.2. The Morgan fingerprint density at radius 2 is 1.86 bits per heavy atom. The van der Waals surface area contributed by atoms with Crippen molar-refractivity contribution in [1.29, 1.82) is 0 Å². The second kappa shape index (κ2) is 10.3. The number of benzene rings is 1. The summed E-state index contributed by atoms with van der Waals surface area (Å²) in [5.74, 6) is -1.42. The molecule has 1 fully saturated rings. The van der Waals surface area contributed by atoms with Gasteiger partial charge in [-0.15, -0.1) is 0 Å². The number of aliphatic hydroxyl groups excluding tert-OH is 1. The second-order valence-corrected chi connectivity index (χ2v) is 10.4. The van der Waals surface area contributed by atoms with Crippen molar-refractivity contribution in [1.82, 2.24) is 20.2 Å². The number of carboxylic acid groups (broad SMARTS) is 1. The second-order valence-electron chi connectivity index (χ2n) is 10.4. The molecular formula is C25H29F3N4O5. The van der Waals surface area contributed by atoms with Crippen LogP contribution in [0.4, 0.5) is 13.2 Å². The molecule has 1 aliphatic heterocycles. The molecule has 2 N–H and O–H groups in total. The molecule has 2 aromatic heterocycles. The number of hydrogen-bond acceptors (Lipinski definition) is 8. The van der Waals surface area contributed by atoms with Gasteiger partial charge in [0.25, 0.3) is 5.89 Å². The lowest BCUT2D eigenvalue weighted by Crippen LogP contribution is -2.38. The van der Waals surface area contributed by atoms with E-state index in [1.807, 2.05) is 0 Å². The Bertz CT molecular complexity index is 1230. The molecule has 0 aliphatic carbocycles. The van der Waals surface area contributed by atoms with Crippen molar-refractivity contribution >= 4 is 5.97 Å². The van der Waals surface area contributed by atoms with Crippen molar-refractivity contribution in [2.45, 2.75) is 57.7 Å². The van der Waals surface area contributed by atoms with E-state index in [9.17, 15) is 23.1 Å². The summed E-state index contributed by atoms with van der Waals surface area (Å²) in [4.78, 5) is 17.2. The maximum Gasteiger partial charge on any atom is 0.422 e. The number of alkyl halides is 3. The van der Waals surface area contributed by atoms with E-state index in [2.05, 4.69) is 20.2 Å². The van der Waals surface area contributed by atoms with Crippen LogP contribution in [0.15, 0.2) is 33.3 Å². The first kappa shape index (κ1) is 26.8. The van der Waals surface area contributed by atoms with Crippen molar-refractivity contribution in [3.63, 3.8) is 0 Å². The van der Waals surface area contributed by atoms with Crippen molar-refractivity contribution in [3.05, 3.63) is 41.2 Å². The van der Waals surface area contributed by atoms with Crippen LogP contribution in [0.1, 0.15) is 63.0 Å². The van der Waals surface area contributed by atoms with Gasteiger partial charge in [0, 0.05) is 30.5 Å². The van der Waals surface area contributed by atoms with Crippen LogP contribution in [0.25, 0.3) is 23.0 Å². The molecule has 37 heavy (non-hydrogen) atoms. The monoisotopic (exact) mass is 522 g/mol. The summed E-state index contributed by atoms with van der Waals surface area (Å²) in [6, 6.07) is 6.66. The van der Waals surface area contributed by atoms with Crippen LogP contribution in [0.5, 0.6) is 0 Å². The lowest BCUT2D eigenvalue weighted by atomic mass is 9.89. The molecule has 0 saturated carbocycles. The highest BCUT2D eigenvalue weighted by molar-refractivity contribution is 5.67. The van der Waals surface area contributed by atoms with Gasteiger partial charge < -0.3 is 24.2 Å². The first-order valence-electron chi connectivity index (χ1n) is 12.0. The number of aliphatic hydroxyl groups is 1. The molecule has 1 saturated heterocycles. The van der Waals surface area contributed by atoms with E-state index in [1.54, 1.807) is 45.0 Å². The van der Waals surface area contributed by atoms with Crippen molar-refractivity contribution in [3.8, 4) is 23.0 Å². The predicted molar refractivity (Wildman–Crippen MR) is 125 cm³/mol. The van der Waals surface area contributed by atoms with Crippen LogP contribution in [0.2, 0.25) is 0 Å². The van der Waals surface area contributed by atoms with E-state index in [0.29, 0.717) is 24.2 Å². The molecule has 3 aromatic rings. The third kappa shape index (κ3) is 6.19.